The number of carbonyl (C=O) groups is 2. The number of rotatable bonds is 6. The van der Waals surface area contributed by atoms with Crippen LogP contribution in [0.1, 0.15) is 52.8 Å². The van der Waals surface area contributed by atoms with Crippen molar-refractivity contribution in [3.63, 3.8) is 0 Å². The quantitative estimate of drug-likeness (QED) is 0.448. The summed E-state index contributed by atoms with van der Waals surface area (Å²) in [6.45, 7) is 7.67. The monoisotopic (exact) mass is 350 g/mol. The Labute approximate surface area is 153 Å². The van der Waals surface area contributed by atoms with Crippen molar-refractivity contribution in [2.24, 2.45) is 0 Å². The number of benzene rings is 1. The fourth-order valence-corrected chi connectivity index (χ4v) is 2.95. The first-order valence-corrected chi connectivity index (χ1v) is 8.40. The SMILES string of the molecule is Cc1cc(C(=O)COC(=O)/C=C/c2ccc(C#N)cc2)c(C)n1C(C)C. The molecule has 0 fully saturated rings. The van der Waals surface area contributed by atoms with Gasteiger partial charge >= 0.3 is 5.97 Å². The maximum Gasteiger partial charge on any atom is 0.331 e. The molecule has 0 aliphatic heterocycles. The Morgan fingerprint density at radius 1 is 1.23 bits per heavy atom. The highest BCUT2D eigenvalue weighted by Gasteiger charge is 2.18. The van der Waals surface area contributed by atoms with Crippen molar-refractivity contribution < 1.29 is 14.3 Å². The smallest absolute Gasteiger partial charge is 0.331 e. The summed E-state index contributed by atoms with van der Waals surface area (Å²) in [5.74, 6) is -0.800. The maximum atomic E-state index is 12.4. The molecule has 0 amide bonds. The summed E-state index contributed by atoms with van der Waals surface area (Å²) in [6.07, 6.45) is 2.85. The molecule has 0 unspecified atom stereocenters. The molecule has 134 valence electrons. The molecule has 0 atom stereocenters. The summed E-state index contributed by atoms with van der Waals surface area (Å²) in [7, 11) is 0. The van der Waals surface area contributed by atoms with Gasteiger partial charge in [0, 0.05) is 29.1 Å². The van der Waals surface area contributed by atoms with E-state index in [-0.39, 0.29) is 18.4 Å². The highest BCUT2D eigenvalue weighted by atomic mass is 16.5. The summed E-state index contributed by atoms with van der Waals surface area (Å²) >= 11 is 0. The molecule has 0 saturated carbocycles. The van der Waals surface area contributed by atoms with Gasteiger partial charge in [-0.1, -0.05) is 12.1 Å². The topological polar surface area (TPSA) is 72.1 Å². The highest BCUT2D eigenvalue weighted by molar-refractivity contribution is 6.00. The van der Waals surface area contributed by atoms with Crippen molar-refractivity contribution in [3.8, 4) is 6.07 Å². The largest absolute Gasteiger partial charge is 0.454 e. The van der Waals surface area contributed by atoms with Crippen LogP contribution in [0.5, 0.6) is 0 Å². The molecule has 2 aromatic rings. The lowest BCUT2D eigenvalue weighted by Gasteiger charge is -2.13. The van der Waals surface area contributed by atoms with Crippen LogP contribution in [0.2, 0.25) is 0 Å². The van der Waals surface area contributed by atoms with Crippen molar-refractivity contribution in [2.45, 2.75) is 33.7 Å². The zero-order valence-corrected chi connectivity index (χ0v) is 15.4. The molecule has 5 heteroatoms. The van der Waals surface area contributed by atoms with E-state index in [4.69, 9.17) is 10.00 Å². The Bertz CT molecular complexity index is 881. The van der Waals surface area contributed by atoms with E-state index in [0.717, 1.165) is 17.0 Å². The molecule has 1 heterocycles. The van der Waals surface area contributed by atoms with Gasteiger partial charge in [-0.05, 0) is 57.5 Å². The van der Waals surface area contributed by atoms with Crippen LogP contribution in [0.4, 0.5) is 0 Å². The Hall–Kier alpha value is -3.13. The van der Waals surface area contributed by atoms with E-state index in [9.17, 15) is 9.59 Å². The number of nitrogens with zero attached hydrogens (tertiary/aromatic N) is 2. The number of ether oxygens (including phenoxy) is 1. The second-order valence-electron chi connectivity index (χ2n) is 6.35. The first kappa shape index (κ1) is 19.2. The van der Waals surface area contributed by atoms with Gasteiger partial charge in [-0.25, -0.2) is 4.79 Å². The highest BCUT2D eigenvalue weighted by Crippen LogP contribution is 2.20. The molecular formula is C21H22N2O3. The molecule has 1 aromatic carbocycles. The van der Waals surface area contributed by atoms with Crippen LogP contribution in [0, 0.1) is 25.2 Å². The predicted octanol–water partition coefficient (Wildman–Crippen LogP) is 4.00. The average Bonchev–Trinajstić information content (AvgIpc) is 2.92. The van der Waals surface area contributed by atoms with Gasteiger partial charge in [0.05, 0.1) is 11.6 Å². The number of aryl methyl sites for hydroxylation is 1. The van der Waals surface area contributed by atoms with Crippen molar-refractivity contribution in [1.29, 1.82) is 5.26 Å². The van der Waals surface area contributed by atoms with Gasteiger partial charge in [-0.3, -0.25) is 4.79 Å². The third-order valence-electron chi connectivity index (χ3n) is 4.10. The van der Waals surface area contributed by atoms with Gasteiger partial charge in [0.15, 0.2) is 6.61 Å². The van der Waals surface area contributed by atoms with E-state index >= 15 is 0 Å². The summed E-state index contributed by atoms with van der Waals surface area (Å²) in [6, 6.07) is 10.9. The standard InChI is InChI=1S/C21H22N2O3/c1-14(2)23-15(3)11-19(16(23)4)20(24)13-26-21(25)10-9-17-5-7-18(12-22)8-6-17/h5-11,14H,13H2,1-4H3/b10-9+. The summed E-state index contributed by atoms with van der Waals surface area (Å²) in [5, 5.41) is 8.76. The molecule has 0 spiro atoms. The number of nitriles is 1. The zero-order valence-electron chi connectivity index (χ0n) is 15.4. The molecule has 26 heavy (non-hydrogen) atoms. The Morgan fingerprint density at radius 2 is 1.88 bits per heavy atom. The number of ketones is 1. The molecule has 2 rings (SSSR count). The minimum atomic E-state index is -0.583. The van der Waals surface area contributed by atoms with Gasteiger partial charge < -0.3 is 9.30 Å². The number of aromatic nitrogens is 1. The van der Waals surface area contributed by atoms with Crippen molar-refractivity contribution >= 4 is 17.8 Å². The molecule has 0 saturated heterocycles. The molecule has 0 radical (unpaired) electrons. The lowest BCUT2D eigenvalue weighted by Crippen LogP contribution is -2.14. The van der Waals surface area contributed by atoms with Crippen LogP contribution >= 0.6 is 0 Å². The average molecular weight is 350 g/mol. The second kappa shape index (κ2) is 8.30. The van der Waals surface area contributed by atoms with Gasteiger partial charge in [-0.2, -0.15) is 5.26 Å². The maximum absolute atomic E-state index is 12.4. The molecule has 5 nitrogen and oxygen atoms in total. The third kappa shape index (κ3) is 4.48. The fraction of sp³-hybridized carbons (Fsp3) is 0.286. The van der Waals surface area contributed by atoms with Gasteiger partial charge in [0.25, 0.3) is 0 Å². The van der Waals surface area contributed by atoms with Crippen LogP contribution in [0.25, 0.3) is 6.08 Å². The van der Waals surface area contributed by atoms with Crippen molar-refractivity contribution in [2.75, 3.05) is 6.61 Å². The first-order valence-electron chi connectivity index (χ1n) is 8.40. The van der Waals surface area contributed by atoms with Crippen LogP contribution < -0.4 is 0 Å². The van der Waals surface area contributed by atoms with Gasteiger partial charge in [0.2, 0.25) is 5.78 Å². The first-order chi connectivity index (χ1) is 12.3. The number of esters is 1. The normalized spacial score (nSPS) is 10.9. The summed E-state index contributed by atoms with van der Waals surface area (Å²) in [4.78, 5) is 24.2. The van der Waals surface area contributed by atoms with Crippen molar-refractivity contribution in [1.82, 2.24) is 4.57 Å². The molecular weight excluding hydrogens is 328 g/mol. The van der Waals surface area contributed by atoms with E-state index < -0.39 is 5.97 Å². The lowest BCUT2D eigenvalue weighted by atomic mass is 10.1. The second-order valence-corrected chi connectivity index (χ2v) is 6.35. The number of hydrogen-bond acceptors (Lipinski definition) is 4. The van der Waals surface area contributed by atoms with Crippen LogP contribution in [-0.4, -0.2) is 22.9 Å². The van der Waals surface area contributed by atoms with Crippen LogP contribution in [-0.2, 0) is 9.53 Å². The Morgan fingerprint density at radius 3 is 2.42 bits per heavy atom. The van der Waals surface area contributed by atoms with Crippen molar-refractivity contribution in [3.05, 3.63) is 64.5 Å². The van der Waals surface area contributed by atoms with E-state index in [1.165, 1.54) is 6.08 Å². The molecule has 0 aliphatic rings. The number of hydrogen-bond donors (Lipinski definition) is 0. The molecule has 1 aromatic heterocycles. The zero-order chi connectivity index (χ0) is 19.3. The fourth-order valence-electron chi connectivity index (χ4n) is 2.95. The van der Waals surface area contributed by atoms with E-state index in [2.05, 4.69) is 18.4 Å². The Kier molecular flexibility index (Phi) is 6.13. The molecule has 0 N–H and O–H groups in total. The van der Waals surface area contributed by atoms with Crippen LogP contribution in [0.15, 0.2) is 36.4 Å². The van der Waals surface area contributed by atoms with Gasteiger partial charge in [-0.15, -0.1) is 0 Å². The molecule has 0 bridgehead atoms. The Balaban J connectivity index is 1.96. The number of carbonyl (C=O) groups excluding carboxylic acids is 2. The van der Waals surface area contributed by atoms with Gasteiger partial charge in [0.1, 0.15) is 0 Å². The van der Waals surface area contributed by atoms with E-state index in [1.807, 2.05) is 26.0 Å². The number of Topliss-reactive ketones (excluding diaryl/α,β-unsaturated/α-hetero) is 1. The summed E-state index contributed by atoms with van der Waals surface area (Å²) in [5.41, 5.74) is 3.79. The van der Waals surface area contributed by atoms with Crippen LogP contribution in [0.3, 0.4) is 0 Å². The van der Waals surface area contributed by atoms with E-state index in [1.54, 1.807) is 30.3 Å². The lowest BCUT2D eigenvalue weighted by molar-refractivity contribution is -0.136. The molecule has 0 aliphatic carbocycles. The van der Waals surface area contributed by atoms with E-state index in [0.29, 0.717) is 11.1 Å². The minimum absolute atomic E-state index is 0.217. The third-order valence-corrected chi connectivity index (χ3v) is 4.10. The minimum Gasteiger partial charge on any atom is -0.454 e. The summed E-state index contributed by atoms with van der Waals surface area (Å²) < 4.78 is 7.14. The predicted molar refractivity (Wildman–Crippen MR) is 99.8 cm³/mol.